The Morgan fingerprint density at radius 2 is 2.55 bits per heavy atom. The van der Waals surface area contributed by atoms with Crippen LogP contribution in [0.1, 0.15) is 0 Å². The Kier molecular flexibility index (Phi) is 3.13. The van der Waals surface area contributed by atoms with E-state index in [2.05, 4.69) is 10.0 Å². The predicted octanol–water partition coefficient (Wildman–Crippen LogP) is -0.00310. The third-order valence-electron chi connectivity index (χ3n) is 1.37. The summed E-state index contributed by atoms with van der Waals surface area (Å²) >= 11 is 0. The van der Waals surface area contributed by atoms with Crippen LogP contribution < -0.4 is 5.73 Å². The Labute approximate surface area is 63.9 Å². The monoisotopic (exact) mass is 158 g/mol. The maximum atomic E-state index is 7.97. The first-order valence-corrected chi connectivity index (χ1v) is 3.35. The summed E-state index contributed by atoms with van der Waals surface area (Å²) in [5.41, 5.74) is 13.3. The summed E-state index contributed by atoms with van der Waals surface area (Å²) in [7, 11) is 0. The van der Waals surface area contributed by atoms with Gasteiger partial charge in [0.1, 0.15) is 0 Å². The molecule has 0 bridgehead atoms. The maximum Gasteiger partial charge on any atom is 0.163 e. The van der Waals surface area contributed by atoms with Crippen molar-refractivity contribution >= 4 is 0 Å². The van der Waals surface area contributed by atoms with Crippen LogP contribution in [0.2, 0.25) is 0 Å². The van der Waals surface area contributed by atoms with Crippen LogP contribution in [0.15, 0.2) is 5.11 Å². The summed E-state index contributed by atoms with van der Waals surface area (Å²) in [6, 6.07) is 0. The highest BCUT2D eigenvalue weighted by molar-refractivity contribution is 4.67. The predicted molar refractivity (Wildman–Crippen MR) is 37.7 cm³/mol. The summed E-state index contributed by atoms with van der Waals surface area (Å²) in [5.74, 6) is 0. The quantitative estimate of drug-likeness (QED) is 0.355. The van der Waals surface area contributed by atoms with E-state index in [1.54, 1.807) is 0 Å². The Hall–Kier alpha value is -0.810. The highest BCUT2D eigenvalue weighted by Gasteiger charge is 2.23. The van der Waals surface area contributed by atoms with E-state index in [1.807, 2.05) is 0 Å². The minimum atomic E-state index is -0.403. The van der Waals surface area contributed by atoms with Crippen LogP contribution in [-0.2, 0) is 9.47 Å². The molecule has 0 aromatic heterocycles. The van der Waals surface area contributed by atoms with Gasteiger partial charge in [0.2, 0.25) is 0 Å². The highest BCUT2D eigenvalue weighted by atomic mass is 16.7. The molecule has 0 radical (unpaired) electrons. The summed E-state index contributed by atoms with van der Waals surface area (Å²) in [5, 5.41) is 3.31. The molecule has 0 aliphatic carbocycles. The minimum absolute atomic E-state index is 0.0473. The van der Waals surface area contributed by atoms with Crippen molar-refractivity contribution in [1.82, 2.24) is 0 Å². The van der Waals surface area contributed by atoms with E-state index >= 15 is 0 Å². The lowest BCUT2D eigenvalue weighted by atomic mass is 10.4. The minimum Gasteiger partial charge on any atom is -0.350 e. The third-order valence-corrected chi connectivity index (χ3v) is 1.37. The van der Waals surface area contributed by atoms with Gasteiger partial charge in [-0.3, -0.25) is 0 Å². The smallest absolute Gasteiger partial charge is 0.163 e. The van der Waals surface area contributed by atoms with Gasteiger partial charge in [0, 0.05) is 11.5 Å². The van der Waals surface area contributed by atoms with Gasteiger partial charge >= 0.3 is 0 Å². The van der Waals surface area contributed by atoms with Crippen LogP contribution in [0.4, 0.5) is 0 Å². The molecule has 0 aromatic carbocycles. The summed E-state index contributed by atoms with van der Waals surface area (Å²) in [6.45, 7) is 1.14. The molecule has 6 heteroatoms. The van der Waals surface area contributed by atoms with Crippen LogP contribution in [0.25, 0.3) is 10.4 Å². The van der Waals surface area contributed by atoms with E-state index in [0.717, 1.165) is 0 Å². The molecule has 1 rings (SSSR count). The normalized spacial score (nSPS) is 29.9. The zero-order valence-electron chi connectivity index (χ0n) is 6.01. The summed E-state index contributed by atoms with van der Waals surface area (Å²) in [6.07, 6.45) is -0.451. The molecule has 0 aromatic rings. The second-order valence-corrected chi connectivity index (χ2v) is 2.17. The van der Waals surface area contributed by atoms with Gasteiger partial charge in [-0.1, -0.05) is 5.11 Å². The maximum absolute atomic E-state index is 7.97. The molecule has 1 aliphatic rings. The van der Waals surface area contributed by atoms with E-state index < -0.39 is 6.29 Å². The van der Waals surface area contributed by atoms with Crippen LogP contribution in [0.5, 0.6) is 0 Å². The molecule has 0 saturated carbocycles. The molecule has 2 N–H and O–H groups in total. The van der Waals surface area contributed by atoms with Crippen LogP contribution >= 0.6 is 0 Å². The van der Waals surface area contributed by atoms with Gasteiger partial charge in [-0.15, -0.1) is 0 Å². The Bertz CT molecular complexity index is 168. The Balaban J connectivity index is 2.24. The molecule has 1 aliphatic heterocycles. The molecule has 1 fully saturated rings. The largest absolute Gasteiger partial charge is 0.350 e. The van der Waals surface area contributed by atoms with Crippen molar-refractivity contribution in [2.75, 3.05) is 19.7 Å². The number of nitrogens with two attached hydrogens (primary N) is 1. The standard InChI is InChI=1S/C5H10N4O2/c6-1-4-3-10-5(11-4)2-8-9-7/h4-5H,1-3,6H2. The van der Waals surface area contributed by atoms with Crippen molar-refractivity contribution in [2.24, 2.45) is 10.8 Å². The molecule has 2 unspecified atom stereocenters. The molecule has 1 saturated heterocycles. The lowest BCUT2D eigenvalue weighted by Gasteiger charge is -2.05. The zero-order valence-corrected chi connectivity index (χ0v) is 6.01. The first-order valence-electron chi connectivity index (χ1n) is 3.35. The third kappa shape index (κ3) is 2.36. The van der Waals surface area contributed by atoms with Gasteiger partial charge in [0.15, 0.2) is 6.29 Å². The van der Waals surface area contributed by atoms with E-state index in [9.17, 15) is 0 Å². The zero-order chi connectivity index (χ0) is 8.10. The van der Waals surface area contributed by atoms with E-state index in [1.165, 1.54) is 0 Å². The lowest BCUT2D eigenvalue weighted by molar-refractivity contribution is -0.0474. The number of azide groups is 1. The van der Waals surface area contributed by atoms with Crippen molar-refractivity contribution in [3.05, 3.63) is 10.4 Å². The topological polar surface area (TPSA) is 93.2 Å². The molecule has 0 spiro atoms. The van der Waals surface area contributed by atoms with E-state index in [4.69, 9.17) is 20.7 Å². The number of nitrogens with zero attached hydrogens (tertiary/aromatic N) is 3. The molecule has 11 heavy (non-hydrogen) atoms. The van der Waals surface area contributed by atoms with Gasteiger partial charge in [-0.2, -0.15) is 0 Å². The van der Waals surface area contributed by atoms with Crippen molar-refractivity contribution < 1.29 is 9.47 Å². The fraction of sp³-hybridized carbons (Fsp3) is 1.00. The Morgan fingerprint density at radius 3 is 3.09 bits per heavy atom. The molecular weight excluding hydrogens is 148 g/mol. The van der Waals surface area contributed by atoms with E-state index in [-0.39, 0.29) is 12.6 Å². The second kappa shape index (κ2) is 4.15. The number of ether oxygens (including phenoxy) is 2. The fourth-order valence-electron chi connectivity index (χ4n) is 0.830. The fourth-order valence-corrected chi connectivity index (χ4v) is 0.830. The highest BCUT2D eigenvalue weighted by Crippen LogP contribution is 2.10. The van der Waals surface area contributed by atoms with Gasteiger partial charge in [0.25, 0.3) is 0 Å². The average molecular weight is 158 g/mol. The van der Waals surface area contributed by atoms with Gasteiger partial charge in [-0.05, 0) is 5.53 Å². The van der Waals surface area contributed by atoms with Crippen molar-refractivity contribution in [1.29, 1.82) is 0 Å². The van der Waals surface area contributed by atoms with E-state index in [0.29, 0.717) is 13.2 Å². The first-order chi connectivity index (χ1) is 5.36. The van der Waals surface area contributed by atoms with Gasteiger partial charge in [0.05, 0.1) is 19.3 Å². The van der Waals surface area contributed by atoms with Crippen molar-refractivity contribution in [2.45, 2.75) is 12.4 Å². The molecule has 0 amide bonds. The van der Waals surface area contributed by atoms with Gasteiger partial charge < -0.3 is 15.2 Å². The number of hydrogen-bond acceptors (Lipinski definition) is 4. The summed E-state index contributed by atoms with van der Waals surface area (Å²) in [4.78, 5) is 2.58. The molecular formula is C5H10N4O2. The molecule has 2 atom stereocenters. The van der Waals surface area contributed by atoms with Crippen LogP contribution in [0, 0.1) is 0 Å². The van der Waals surface area contributed by atoms with Crippen molar-refractivity contribution in [3.8, 4) is 0 Å². The average Bonchev–Trinajstić information content (AvgIpc) is 2.48. The summed E-state index contributed by atoms with van der Waals surface area (Å²) < 4.78 is 10.3. The SMILES string of the molecule is [N-]=[N+]=NCC1OCC(CN)O1. The van der Waals surface area contributed by atoms with Gasteiger partial charge in [-0.25, -0.2) is 0 Å². The van der Waals surface area contributed by atoms with Crippen LogP contribution in [-0.4, -0.2) is 32.1 Å². The number of rotatable bonds is 3. The first kappa shape index (κ1) is 8.29. The second-order valence-electron chi connectivity index (χ2n) is 2.17. The Morgan fingerprint density at radius 1 is 1.73 bits per heavy atom. The van der Waals surface area contributed by atoms with Crippen molar-refractivity contribution in [3.63, 3.8) is 0 Å². The molecule has 1 heterocycles. The van der Waals surface area contributed by atoms with Crippen LogP contribution in [0.3, 0.4) is 0 Å². The lowest BCUT2D eigenvalue weighted by Crippen LogP contribution is -2.23. The molecule has 62 valence electrons. The molecule has 6 nitrogen and oxygen atoms in total. The number of hydrogen-bond donors (Lipinski definition) is 1.